The van der Waals surface area contributed by atoms with Gasteiger partial charge in [-0.1, -0.05) is 12.1 Å². The van der Waals surface area contributed by atoms with Crippen LogP contribution in [0.2, 0.25) is 0 Å². The van der Waals surface area contributed by atoms with E-state index in [0.29, 0.717) is 12.1 Å². The third-order valence-electron chi connectivity index (χ3n) is 2.92. The van der Waals surface area contributed by atoms with Crippen LogP contribution in [0.15, 0.2) is 49.1 Å². The fourth-order valence-electron chi connectivity index (χ4n) is 1.90. The second kappa shape index (κ2) is 4.89. The molecule has 0 radical (unpaired) electrons. The van der Waals surface area contributed by atoms with E-state index in [0.717, 1.165) is 16.3 Å². The van der Waals surface area contributed by atoms with Crippen LogP contribution < -0.4 is 5.32 Å². The molecule has 2 N–H and O–H groups in total. The summed E-state index contributed by atoms with van der Waals surface area (Å²) in [5.74, 6) is -0.136. The van der Waals surface area contributed by atoms with Crippen molar-refractivity contribution in [1.82, 2.24) is 20.5 Å². The smallest absolute Gasteiger partial charge is 0.254 e. The largest absolute Gasteiger partial charge is 0.348 e. The molecule has 0 saturated carbocycles. The molecule has 2 heterocycles. The lowest BCUT2D eigenvalue weighted by Crippen LogP contribution is -2.22. The van der Waals surface area contributed by atoms with Crippen molar-refractivity contribution in [2.45, 2.75) is 6.54 Å². The molecule has 0 atom stereocenters. The summed E-state index contributed by atoms with van der Waals surface area (Å²) in [5, 5.41) is 11.4. The predicted octanol–water partition coefficient (Wildman–Crippen LogP) is 1.89. The highest BCUT2D eigenvalue weighted by molar-refractivity contribution is 5.93. The van der Waals surface area contributed by atoms with Crippen molar-refractivity contribution in [2.75, 3.05) is 0 Å². The minimum Gasteiger partial charge on any atom is -0.348 e. The summed E-state index contributed by atoms with van der Waals surface area (Å²) in [4.78, 5) is 15.8. The molecule has 5 heteroatoms. The van der Waals surface area contributed by atoms with E-state index < -0.39 is 0 Å². The van der Waals surface area contributed by atoms with E-state index in [4.69, 9.17) is 0 Å². The molecule has 94 valence electrons. The van der Waals surface area contributed by atoms with Crippen LogP contribution in [0.25, 0.3) is 10.8 Å². The molecule has 0 spiro atoms. The van der Waals surface area contributed by atoms with Crippen LogP contribution in [0.5, 0.6) is 0 Å². The number of benzene rings is 1. The Kier molecular flexibility index (Phi) is 2.94. The maximum atomic E-state index is 11.8. The first kappa shape index (κ1) is 11.4. The number of carbonyl (C=O) groups is 1. The van der Waals surface area contributed by atoms with Gasteiger partial charge in [-0.2, -0.15) is 5.10 Å². The average molecular weight is 252 g/mol. The maximum Gasteiger partial charge on any atom is 0.254 e. The van der Waals surface area contributed by atoms with E-state index in [1.54, 1.807) is 12.4 Å². The second-order valence-corrected chi connectivity index (χ2v) is 4.23. The lowest BCUT2D eigenvalue weighted by molar-refractivity contribution is 0.0951. The average Bonchev–Trinajstić information content (AvgIpc) is 2.99. The van der Waals surface area contributed by atoms with Gasteiger partial charge in [0.25, 0.3) is 5.91 Å². The molecule has 2 aromatic heterocycles. The first-order chi connectivity index (χ1) is 9.33. The summed E-state index contributed by atoms with van der Waals surface area (Å²) in [6.07, 6.45) is 6.65. The van der Waals surface area contributed by atoms with E-state index in [9.17, 15) is 4.79 Å². The van der Waals surface area contributed by atoms with Crippen molar-refractivity contribution >= 4 is 16.7 Å². The number of pyridine rings is 1. The van der Waals surface area contributed by atoms with E-state index in [1.807, 2.05) is 30.5 Å². The van der Waals surface area contributed by atoms with Gasteiger partial charge in [0.15, 0.2) is 0 Å². The van der Waals surface area contributed by atoms with Gasteiger partial charge in [0.1, 0.15) is 0 Å². The molecule has 0 bridgehead atoms. The van der Waals surface area contributed by atoms with Gasteiger partial charge in [-0.3, -0.25) is 14.9 Å². The van der Waals surface area contributed by atoms with E-state index in [2.05, 4.69) is 20.5 Å². The minimum atomic E-state index is -0.136. The Morgan fingerprint density at radius 2 is 2.16 bits per heavy atom. The molecule has 3 rings (SSSR count). The summed E-state index contributed by atoms with van der Waals surface area (Å²) in [6, 6.07) is 7.99. The summed E-state index contributed by atoms with van der Waals surface area (Å²) in [5.41, 5.74) is 1.58. The van der Waals surface area contributed by atoms with Crippen LogP contribution >= 0.6 is 0 Å². The van der Waals surface area contributed by atoms with Crippen LogP contribution in [0, 0.1) is 0 Å². The van der Waals surface area contributed by atoms with Crippen molar-refractivity contribution < 1.29 is 4.79 Å². The molecular formula is C14H12N4O. The van der Waals surface area contributed by atoms with Crippen LogP contribution in [0.3, 0.4) is 0 Å². The van der Waals surface area contributed by atoms with Gasteiger partial charge in [-0.25, -0.2) is 0 Å². The van der Waals surface area contributed by atoms with E-state index in [-0.39, 0.29) is 5.91 Å². The minimum absolute atomic E-state index is 0.136. The number of nitrogens with zero attached hydrogens (tertiary/aromatic N) is 2. The molecule has 0 unspecified atom stereocenters. The van der Waals surface area contributed by atoms with Crippen molar-refractivity contribution in [3.05, 3.63) is 60.2 Å². The second-order valence-electron chi connectivity index (χ2n) is 4.23. The number of carbonyl (C=O) groups excluding carboxylic acids is 1. The zero-order chi connectivity index (χ0) is 13.1. The summed E-state index contributed by atoms with van der Waals surface area (Å²) < 4.78 is 0. The molecule has 0 aliphatic rings. The first-order valence-electron chi connectivity index (χ1n) is 5.92. The number of hydrogen-bond acceptors (Lipinski definition) is 3. The zero-order valence-electron chi connectivity index (χ0n) is 10.1. The van der Waals surface area contributed by atoms with Gasteiger partial charge in [0, 0.05) is 30.5 Å². The summed E-state index contributed by atoms with van der Waals surface area (Å²) in [6.45, 7) is 0.488. The summed E-state index contributed by atoms with van der Waals surface area (Å²) >= 11 is 0. The van der Waals surface area contributed by atoms with Gasteiger partial charge in [-0.15, -0.1) is 0 Å². The number of H-pyrrole nitrogens is 1. The van der Waals surface area contributed by atoms with Crippen molar-refractivity contribution in [3.63, 3.8) is 0 Å². The Balaban J connectivity index is 1.73. The molecule has 5 nitrogen and oxygen atoms in total. The fraction of sp³-hybridized carbons (Fsp3) is 0.0714. The molecule has 19 heavy (non-hydrogen) atoms. The first-order valence-corrected chi connectivity index (χ1v) is 5.92. The highest BCUT2D eigenvalue weighted by atomic mass is 16.1. The van der Waals surface area contributed by atoms with Gasteiger partial charge in [-0.05, 0) is 23.1 Å². The van der Waals surface area contributed by atoms with Crippen molar-refractivity contribution in [1.29, 1.82) is 0 Å². The topological polar surface area (TPSA) is 70.7 Å². The van der Waals surface area contributed by atoms with Gasteiger partial charge >= 0.3 is 0 Å². The molecule has 0 saturated heterocycles. The number of aromatic amines is 1. The number of rotatable bonds is 3. The Hall–Kier alpha value is -2.69. The molecular weight excluding hydrogens is 240 g/mol. The third kappa shape index (κ3) is 2.44. The van der Waals surface area contributed by atoms with Gasteiger partial charge in [0.05, 0.1) is 11.8 Å². The lowest BCUT2D eigenvalue weighted by atomic mass is 10.1. The molecule has 1 amide bonds. The standard InChI is InChI=1S/C14H12N4O/c19-14(13-8-17-18-9-13)16-6-10-1-2-12-7-15-4-3-11(12)5-10/h1-5,7-9H,6H2,(H,16,19)(H,17,18). The normalized spacial score (nSPS) is 10.5. The van der Waals surface area contributed by atoms with Crippen LogP contribution in [-0.4, -0.2) is 21.1 Å². The SMILES string of the molecule is O=C(NCc1ccc2cnccc2c1)c1cn[nH]c1. The predicted molar refractivity (Wildman–Crippen MR) is 71.5 cm³/mol. The van der Waals surface area contributed by atoms with E-state index in [1.165, 1.54) is 6.20 Å². The highest BCUT2D eigenvalue weighted by Gasteiger charge is 2.05. The summed E-state index contributed by atoms with van der Waals surface area (Å²) in [7, 11) is 0. The Bertz CT molecular complexity index is 706. The monoisotopic (exact) mass is 252 g/mol. The van der Waals surface area contributed by atoms with Crippen LogP contribution in [-0.2, 0) is 6.54 Å². The number of amides is 1. The molecule has 0 aliphatic carbocycles. The number of nitrogens with one attached hydrogen (secondary N) is 2. The fourth-order valence-corrected chi connectivity index (χ4v) is 1.90. The third-order valence-corrected chi connectivity index (χ3v) is 2.92. The van der Waals surface area contributed by atoms with Gasteiger partial charge < -0.3 is 5.32 Å². The van der Waals surface area contributed by atoms with Crippen molar-refractivity contribution in [3.8, 4) is 0 Å². The molecule has 3 aromatic rings. The van der Waals surface area contributed by atoms with Crippen LogP contribution in [0.1, 0.15) is 15.9 Å². The van der Waals surface area contributed by atoms with Gasteiger partial charge in [0.2, 0.25) is 0 Å². The Labute approximate surface area is 109 Å². The lowest BCUT2D eigenvalue weighted by Gasteiger charge is -2.05. The maximum absolute atomic E-state index is 11.8. The number of fused-ring (bicyclic) bond motifs is 1. The molecule has 1 aromatic carbocycles. The zero-order valence-corrected chi connectivity index (χ0v) is 10.1. The number of hydrogen-bond donors (Lipinski definition) is 2. The molecule has 0 aliphatic heterocycles. The number of aromatic nitrogens is 3. The Morgan fingerprint density at radius 3 is 3.00 bits per heavy atom. The van der Waals surface area contributed by atoms with Crippen molar-refractivity contribution in [2.24, 2.45) is 0 Å². The molecule has 0 fully saturated rings. The highest BCUT2D eigenvalue weighted by Crippen LogP contribution is 2.14. The van der Waals surface area contributed by atoms with Crippen LogP contribution in [0.4, 0.5) is 0 Å². The Morgan fingerprint density at radius 1 is 1.21 bits per heavy atom. The van der Waals surface area contributed by atoms with E-state index >= 15 is 0 Å². The quantitative estimate of drug-likeness (QED) is 0.747.